The molecule has 1 atom stereocenters. The molecule has 5 heteroatoms. The van der Waals surface area contributed by atoms with Crippen molar-refractivity contribution in [3.63, 3.8) is 0 Å². The lowest BCUT2D eigenvalue weighted by Gasteiger charge is -2.33. The predicted molar refractivity (Wildman–Crippen MR) is 100.0 cm³/mol. The maximum absolute atomic E-state index is 13.9. The Labute approximate surface area is 154 Å². The quantitative estimate of drug-likeness (QED) is 0.694. The highest BCUT2D eigenvalue weighted by molar-refractivity contribution is 5.94. The van der Waals surface area contributed by atoms with Crippen LogP contribution >= 0.6 is 0 Å². The van der Waals surface area contributed by atoms with Crippen LogP contribution in [0.2, 0.25) is 0 Å². The van der Waals surface area contributed by atoms with E-state index in [9.17, 15) is 9.18 Å². The third kappa shape index (κ3) is 4.48. The van der Waals surface area contributed by atoms with Gasteiger partial charge in [-0.2, -0.15) is 0 Å². The van der Waals surface area contributed by atoms with Crippen LogP contribution in [0.1, 0.15) is 27.5 Å². The van der Waals surface area contributed by atoms with Gasteiger partial charge in [-0.25, -0.2) is 4.39 Å². The molecule has 1 heterocycles. The number of amides is 1. The fourth-order valence-electron chi connectivity index (χ4n) is 3.58. The van der Waals surface area contributed by atoms with E-state index in [1.807, 2.05) is 0 Å². The summed E-state index contributed by atoms with van der Waals surface area (Å²) in [6.45, 7) is 6.97. The lowest BCUT2D eigenvalue weighted by atomic mass is 10.0. The Kier molecular flexibility index (Phi) is 6.01. The van der Waals surface area contributed by atoms with Crippen LogP contribution in [0.3, 0.4) is 0 Å². The summed E-state index contributed by atoms with van der Waals surface area (Å²) in [6, 6.07) is 14.8. The normalized spacial score (nSPS) is 21.2. The van der Waals surface area contributed by atoms with Gasteiger partial charge >= 0.3 is 0 Å². The molecule has 0 unspecified atom stereocenters. The van der Waals surface area contributed by atoms with Gasteiger partial charge in [0.1, 0.15) is 38.0 Å². The SMILES string of the molecule is Cc1ccc([C@H](CNC(=O)c2ccccc2F)[NH+]2CC[NH+](C)CC2)cc1. The molecular weight excluding hydrogens is 329 g/mol. The van der Waals surface area contributed by atoms with Crippen molar-refractivity contribution in [3.05, 3.63) is 71.0 Å². The van der Waals surface area contributed by atoms with E-state index < -0.39 is 5.82 Å². The summed E-state index contributed by atoms with van der Waals surface area (Å²) in [6.07, 6.45) is 0. The molecule has 1 saturated heterocycles. The number of carbonyl (C=O) groups excluding carboxylic acids is 1. The Balaban J connectivity index is 1.74. The van der Waals surface area contributed by atoms with E-state index in [2.05, 4.69) is 43.6 Å². The van der Waals surface area contributed by atoms with Crippen LogP contribution in [0.4, 0.5) is 4.39 Å². The first kappa shape index (κ1) is 18.5. The van der Waals surface area contributed by atoms with Crippen LogP contribution in [0.15, 0.2) is 48.5 Å². The van der Waals surface area contributed by atoms with Crippen molar-refractivity contribution in [2.75, 3.05) is 39.8 Å². The summed E-state index contributed by atoms with van der Waals surface area (Å²) in [5, 5.41) is 2.95. The maximum Gasteiger partial charge on any atom is 0.254 e. The first-order valence-electron chi connectivity index (χ1n) is 9.30. The Hall–Kier alpha value is -2.24. The number of carbonyl (C=O) groups is 1. The van der Waals surface area contributed by atoms with Gasteiger partial charge in [0.25, 0.3) is 5.91 Å². The molecule has 1 aliphatic heterocycles. The summed E-state index contributed by atoms with van der Waals surface area (Å²) in [5.41, 5.74) is 2.55. The summed E-state index contributed by atoms with van der Waals surface area (Å²) >= 11 is 0. The van der Waals surface area contributed by atoms with E-state index in [0.717, 1.165) is 26.2 Å². The van der Waals surface area contributed by atoms with Crippen LogP contribution in [0.5, 0.6) is 0 Å². The number of hydrogen-bond acceptors (Lipinski definition) is 1. The van der Waals surface area contributed by atoms with Gasteiger partial charge in [-0.15, -0.1) is 0 Å². The molecule has 0 radical (unpaired) electrons. The fraction of sp³-hybridized carbons (Fsp3) is 0.381. The first-order valence-corrected chi connectivity index (χ1v) is 9.30. The van der Waals surface area contributed by atoms with E-state index in [-0.39, 0.29) is 17.5 Å². The van der Waals surface area contributed by atoms with Crippen molar-refractivity contribution in [3.8, 4) is 0 Å². The molecule has 0 aromatic heterocycles. The van der Waals surface area contributed by atoms with Crippen molar-refractivity contribution >= 4 is 5.91 Å². The number of hydrogen-bond donors (Lipinski definition) is 3. The van der Waals surface area contributed by atoms with Gasteiger partial charge in [-0.3, -0.25) is 4.79 Å². The summed E-state index contributed by atoms with van der Waals surface area (Å²) < 4.78 is 13.9. The van der Waals surface area contributed by atoms with Crippen molar-refractivity contribution in [1.29, 1.82) is 0 Å². The second-order valence-corrected chi connectivity index (χ2v) is 7.27. The van der Waals surface area contributed by atoms with Gasteiger partial charge in [0.2, 0.25) is 0 Å². The van der Waals surface area contributed by atoms with E-state index in [1.165, 1.54) is 28.2 Å². The number of rotatable bonds is 5. The van der Waals surface area contributed by atoms with Gasteiger partial charge in [0, 0.05) is 5.56 Å². The summed E-state index contributed by atoms with van der Waals surface area (Å²) in [5.74, 6) is -0.827. The van der Waals surface area contributed by atoms with Gasteiger partial charge in [-0.05, 0) is 19.1 Å². The fourth-order valence-corrected chi connectivity index (χ4v) is 3.58. The van der Waals surface area contributed by atoms with E-state index in [4.69, 9.17) is 0 Å². The van der Waals surface area contributed by atoms with Crippen LogP contribution in [-0.2, 0) is 0 Å². The lowest BCUT2D eigenvalue weighted by Crippen LogP contribution is -3.27. The van der Waals surface area contributed by atoms with Gasteiger partial charge < -0.3 is 15.1 Å². The number of benzene rings is 2. The Morgan fingerprint density at radius 3 is 2.38 bits per heavy atom. The average Bonchev–Trinajstić information content (AvgIpc) is 2.65. The molecule has 0 spiro atoms. The predicted octanol–water partition coefficient (Wildman–Crippen LogP) is 0.0184. The minimum Gasteiger partial charge on any atom is -0.346 e. The molecule has 2 aromatic carbocycles. The number of quaternary nitrogens is 2. The first-order chi connectivity index (χ1) is 12.5. The summed E-state index contributed by atoms with van der Waals surface area (Å²) in [7, 11) is 2.22. The second-order valence-electron chi connectivity index (χ2n) is 7.27. The molecule has 3 N–H and O–H groups in total. The Morgan fingerprint density at radius 1 is 1.08 bits per heavy atom. The van der Waals surface area contributed by atoms with Crippen molar-refractivity contribution in [2.24, 2.45) is 0 Å². The van der Waals surface area contributed by atoms with E-state index >= 15 is 0 Å². The second kappa shape index (κ2) is 8.43. The third-order valence-electron chi connectivity index (χ3n) is 5.30. The molecule has 0 aliphatic carbocycles. The Bertz CT molecular complexity index is 739. The topological polar surface area (TPSA) is 38.0 Å². The number of nitrogens with one attached hydrogen (secondary N) is 3. The number of halogens is 1. The van der Waals surface area contributed by atoms with Gasteiger partial charge in [0.15, 0.2) is 0 Å². The molecule has 0 bridgehead atoms. The highest BCUT2D eigenvalue weighted by atomic mass is 19.1. The molecular formula is C21H28FN3O+2. The van der Waals surface area contributed by atoms with Crippen LogP contribution in [-0.4, -0.2) is 45.7 Å². The number of likely N-dealkylation sites (N-methyl/N-ethyl adjacent to an activating group) is 1. The maximum atomic E-state index is 13.9. The molecule has 0 saturated carbocycles. The molecule has 1 aliphatic rings. The molecule has 1 amide bonds. The van der Waals surface area contributed by atoms with Crippen LogP contribution in [0.25, 0.3) is 0 Å². The van der Waals surface area contributed by atoms with Crippen molar-refractivity contribution < 1.29 is 19.0 Å². The van der Waals surface area contributed by atoms with Crippen LogP contribution in [0, 0.1) is 12.7 Å². The highest BCUT2D eigenvalue weighted by Gasteiger charge is 2.29. The zero-order valence-corrected chi connectivity index (χ0v) is 15.5. The number of piperazine rings is 1. The number of aryl methyl sites for hydroxylation is 1. The lowest BCUT2D eigenvalue weighted by molar-refractivity contribution is -1.02. The molecule has 2 aromatic rings. The highest BCUT2D eigenvalue weighted by Crippen LogP contribution is 2.12. The van der Waals surface area contributed by atoms with Gasteiger partial charge in [-0.1, -0.05) is 42.0 Å². The molecule has 138 valence electrons. The minimum absolute atomic E-state index is 0.105. The smallest absolute Gasteiger partial charge is 0.254 e. The summed E-state index contributed by atoms with van der Waals surface area (Å²) in [4.78, 5) is 15.5. The minimum atomic E-state index is -0.479. The Morgan fingerprint density at radius 2 is 1.73 bits per heavy atom. The standard InChI is InChI=1S/C21H26FN3O/c1-16-7-9-17(10-8-16)20(25-13-11-24(2)12-14-25)15-23-21(26)18-5-3-4-6-19(18)22/h3-10,20H,11-15H2,1-2H3,(H,23,26)/p+2/t20-/m0/s1. The van der Waals surface area contributed by atoms with Crippen molar-refractivity contribution in [1.82, 2.24) is 5.32 Å². The zero-order valence-electron chi connectivity index (χ0n) is 15.5. The van der Waals surface area contributed by atoms with Crippen molar-refractivity contribution in [2.45, 2.75) is 13.0 Å². The molecule has 1 fully saturated rings. The van der Waals surface area contributed by atoms with Gasteiger partial charge in [0.05, 0.1) is 19.2 Å². The van der Waals surface area contributed by atoms with Crippen LogP contribution < -0.4 is 15.1 Å². The monoisotopic (exact) mass is 357 g/mol. The molecule has 3 rings (SSSR count). The average molecular weight is 357 g/mol. The van der Waals surface area contributed by atoms with E-state index in [0.29, 0.717) is 6.54 Å². The third-order valence-corrected chi connectivity index (χ3v) is 5.30. The van der Waals surface area contributed by atoms with E-state index in [1.54, 1.807) is 17.0 Å². The largest absolute Gasteiger partial charge is 0.346 e. The molecule has 4 nitrogen and oxygen atoms in total. The molecule has 26 heavy (non-hydrogen) atoms. The zero-order chi connectivity index (χ0) is 18.5.